The summed E-state index contributed by atoms with van der Waals surface area (Å²) in [7, 11) is 0. The molecule has 98 valence electrons. The molecule has 2 heteroatoms. The Kier molecular flexibility index (Phi) is 7.61. The predicted molar refractivity (Wildman–Crippen MR) is 82.6 cm³/mol. The molecule has 0 aromatic rings. The van der Waals surface area contributed by atoms with Crippen LogP contribution >= 0.6 is 0 Å². The molecule has 0 spiro atoms. The summed E-state index contributed by atoms with van der Waals surface area (Å²) in [6, 6.07) is 0. The van der Waals surface area contributed by atoms with Crippen LogP contribution in [0.4, 0.5) is 0 Å². The van der Waals surface area contributed by atoms with Gasteiger partial charge in [0, 0.05) is 24.0 Å². The fourth-order valence-corrected chi connectivity index (χ4v) is 1.36. The van der Waals surface area contributed by atoms with Gasteiger partial charge in [0.15, 0.2) is 0 Å². The molecule has 0 unspecified atom stereocenters. The van der Waals surface area contributed by atoms with E-state index >= 15 is 0 Å². The van der Waals surface area contributed by atoms with Crippen molar-refractivity contribution in [3.63, 3.8) is 0 Å². The summed E-state index contributed by atoms with van der Waals surface area (Å²) in [6.07, 6.45) is 6.58. The number of allylic oxidation sites excluding steroid dienone is 5. The first-order chi connectivity index (χ1) is 8.46. The van der Waals surface area contributed by atoms with E-state index in [2.05, 4.69) is 25.1 Å². The Morgan fingerprint density at radius 3 is 2.33 bits per heavy atom. The van der Waals surface area contributed by atoms with Gasteiger partial charge in [-0.05, 0) is 43.9 Å². The van der Waals surface area contributed by atoms with Crippen molar-refractivity contribution in [2.24, 2.45) is 4.99 Å². The third-order valence-electron chi connectivity index (χ3n) is 2.83. The van der Waals surface area contributed by atoms with Gasteiger partial charge in [-0.3, -0.25) is 4.99 Å². The second-order valence-corrected chi connectivity index (χ2v) is 4.34. The molecule has 0 amide bonds. The van der Waals surface area contributed by atoms with E-state index in [0.29, 0.717) is 6.42 Å². The first kappa shape index (κ1) is 16.3. The summed E-state index contributed by atoms with van der Waals surface area (Å²) in [5.74, 6) is 0. The molecule has 0 heterocycles. The lowest BCUT2D eigenvalue weighted by Crippen LogP contribution is -1.96. The standard InChI is InChI=1S/C16H24N2/c1-7-9-13(4)15(6)16(10-12(3)11-17)18-14(5)8-2/h7,9,11,17H,1,3,8,10H2,2,4-6H3/b13-9+,16-15-,17-11?,18-14+. The fourth-order valence-electron chi connectivity index (χ4n) is 1.36. The number of nitrogens with zero attached hydrogens (tertiary/aromatic N) is 1. The maximum absolute atomic E-state index is 7.23. The van der Waals surface area contributed by atoms with Gasteiger partial charge in [0.25, 0.3) is 0 Å². The van der Waals surface area contributed by atoms with Gasteiger partial charge in [-0.15, -0.1) is 0 Å². The van der Waals surface area contributed by atoms with Crippen molar-refractivity contribution in [2.45, 2.75) is 40.5 Å². The lowest BCUT2D eigenvalue weighted by Gasteiger charge is -2.10. The molecule has 0 fully saturated rings. The predicted octanol–water partition coefficient (Wildman–Crippen LogP) is 4.86. The summed E-state index contributed by atoms with van der Waals surface area (Å²) in [4.78, 5) is 4.64. The molecule has 0 aliphatic rings. The van der Waals surface area contributed by atoms with Crippen LogP contribution in [0.3, 0.4) is 0 Å². The van der Waals surface area contributed by atoms with E-state index in [-0.39, 0.29) is 0 Å². The van der Waals surface area contributed by atoms with Crippen molar-refractivity contribution >= 4 is 11.9 Å². The highest BCUT2D eigenvalue weighted by atomic mass is 14.8. The Morgan fingerprint density at radius 1 is 1.28 bits per heavy atom. The molecule has 0 rings (SSSR count). The lowest BCUT2D eigenvalue weighted by atomic mass is 10.0. The van der Waals surface area contributed by atoms with Crippen molar-refractivity contribution in [3.8, 4) is 0 Å². The summed E-state index contributed by atoms with van der Waals surface area (Å²) in [5.41, 5.74) is 5.12. The zero-order chi connectivity index (χ0) is 14.1. The van der Waals surface area contributed by atoms with Crippen LogP contribution < -0.4 is 0 Å². The van der Waals surface area contributed by atoms with Crippen molar-refractivity contribution in [3.05, 3.63) is 47.7 Å². The third-order valence-corrected chi connectivity index (χ3v) is 2.83. The molecule has 0 saturated carbocycles. The molecular weight excluding hydrogens is 220 g/mol. The largest absolute Gasteiger partial charge is 0.308 e. The van der Waals surface area contributed by atoms with Gasteiger partial charge in [0.1, 0.15) is 0 Å². The molecule has 2 nitrogen and oxygen atoms in total. The third kappa shape index (κ3) is 5.58. The van der Waals surface area contributed by atoms with E-state index < -0.39 is 0 Å². The molecule has 1 N–H and O–H groups in total. The van der Waals surface area contributed by atoms with Crippen molar-refractivity contribution in [1.29, 1.82) is 5.41 Å². The highest BCUT2D eigenvalue weighted by Crippen LogP contribution is 2.21. The average molecular weight is 244 g/mol. The molecule has 0 aromatic heterocycles. The van der Waals surface area contributed by atoms with E-state index in [4.69, 9.17) is 5.41 Å². The molecule has 0 atom stereocenters. The smallest absolute Gasteiger partial charge is 0.0478 e. The Morgan fingerprint density at radius 2 is 1.89 bits per heavy atom. The molecule has 0 saturated heterocycles. The summed E-state index contributed by atoms with van der Waals surface area (Å²) in [5, 5.41) is 7.23. The second-order valence-electron chi connectivity index (χ2n) is 4.34. The highest BCUT2D eigenvalue weighted by Gasteiger charge is 2.05. The molecule has 0 bridgehead atoms. The SMILES string of the molecule is C=C/C=C(C)/C(C)=C(CC(=C)C=N)\N=C(/C)CC. The van der Waals surface area contributed by atoms with Crippen LogP contribution in [-0.4, -0.2) is 11.9 Å². The van der Waals surface area contributed by atoms with E-state index in [9.17, 15) is 0 Å². The van der Waals surface area contributed by atoms with Gasteiger partial charge in [-0.25, -0.2) is 0 Å². The van der Waals surface area contributed by atoms with Crippen LogP contribution in [-0.2, 0) is 0 Å². The van der Waals surface area contributed by atoms with Crippen LogP contribution in [0.1, 0.15) is 40.5 Å². The molecule has 18 heavy (non-hydrogen) atoms. The van der Waals surface area contributed by atoms with Gasteiger partial charge in [-0.2, -0.15) is 0 Å². The van der Waals surface area contributed by atoms with Gasteiger partial charge in [-0.1, -0.05) is 32.2 Å². The van der Waals surface area contributed by atoms with Gasteiger partial charge in [0.05, 0.1) is 0 Å². The van der Waals surface area contributed by atoms with Gasteiger partial charge < -0.3 is 5.41 Å². The lowest BCUT2D eigenvalue weighted by molar-refractivity contribution is 1.06. The monoisotopic (exact) mass is 244 g/mol. The number of nitrogens with one attached hydrogen (secondary N) is 1. The first-order valence-corrected chi connectivity index (χ1v) is 6.18. The van der Waals surface area contributed by atoms with Crippen molar-refractivity contribution in [2.75, 3.05) is 0 Å². The summed E-state index contributed by atoms with van der Waals surface area (Å²) in [6.45, 7) is 15.8. The topological polar surface area (TPSA) is 36.2 Å². The summed E-state index contributed by atoms with van der Waals surface area (Å²) >= 11 is 0. The van der Waals surface area contributed by atoms with E-state index in [1.165, 1.54) is 6.21 Å². The number of hydrogen-bond donors (Lipinski definition) is 1. The minimum atomic E-state index is 0.620. The van der Waals surface area contributed by atoms with Gasteiger partial charge in [0.2, 0.25) is 0 Å². The second kappa shape index (κ2) is 8.40. The molecule has 0 radical (unpaired) electrons. The molecule has 0 aliphatic carbocycles. The fraction of sp³-hybridized carbons (Fsp3) is 0.375. The van der Waals surface area contributed by atoms with Crippen LogP contribution in [0.15, 0.2) is 52.7 Å². The zero-order valence-electron chi connectivity index (χ0n) is 12.0. The minimum Gasteiger partial charge on any atom is -0.308 e. The summed E-state index contributed by atoms with van der Waals surface area (Å²) < 4.78 is 0. The molecular formula is C16H24N2. The normalized spacial score (nSPS) is 14.0. The highest BCUT2D eigenvalue weighted by molar-refractivity contribution is 5.83. The zero-order valence-corrected chi connectivity index (χ0v) is 12.0. The van der Waals surface area contributed by atoms with E-state index in [1.807, 2.05) is 26.8 Å². The van der Waals surface area contributed by atoms with Crippen LogP contribution in [0.2, 0.25) is 0 Å². The Labute approximate surface area is 111 Å². The Hall–Kier alpha value is -1.70. The van der Waals surface area contributed by atoms with Crippen LogP contribution in [0, 0.1) is 5.41 Å². The van der Waals surface area contributed by atoms with Crippen molar-refractivity contribution < 1.29 is 0 Å². The number of aliphatic imine (C=N–C) groups is 1. The minimum absolute atomic E-state index is 0.620. The number of hydrogen-bond acceptors (Lipinski definition) is 2. The Balaban J connectivity index is 5.50. The first-order valence-electron chi connectivity index (χ1n) is 6.18. The number of rotatable bonds is 7. The Bertz CT molecular complexity index is 420. The molecule has 0 aliphatic heterocycles. The van der Waals surface area contributed by atoms with Gasteiger partial charge >= 0.3 is 0 Å². The molecule has 0 aromatic carbocycles. The van der Waals surface area contributed by atoms with Crippen LogP contribution in [0.5, 0.6) is 0 Å². The maximum atomic E-state index is 7.23. The quantitative estimate of drug-likeness (QED) is 0.490. The maximum Gasteiger partial charge on any atom is 0.0478 e. The average Bonchev–Trinajstić information content (AvgIpc) is 2.36. The van der Waals surface area contributed by atoms with E-state index in [1.54, 1.807) is 6.08 Å². The van der Waals surface area contributed by atoms with Crippen LogP contribution in [0.25, 0.3) is 0 Å². The van der Waals surface area contributed by atoms with Crippen molar-refractivity contribution in [1.82, 2.24) is 0 Å². The van der Waals surface area contributed by atoms with E-state index in [0.717, 1.165) is 34.5 Å².